The fourth-order valence-corrected chi connectivity index (χ4v) is 3.42. The van der Waals surface area contributed by atoms with Crippen LogP contribution in [0.4, 0.5) is 10.6 Å². The van der Waals surface area contributed by atoms with Gasteiger partial charge in [-0.1, -0.05) is 6.08 Å². The van der Waals surface area contributed by atoms with E-state index in [2.05, 4.69) is 27.3 Å². The quantitative estimate of drug-likeness (QED) is 0.806. The molecule has 130 valence electrons. The Bertz CT molecular complexity index is 607. The molecule has 0 aliphatic carbocycles. The van der Waals surface area contributed by atoms with E-state index in [0.717, 1.165) is 58.2 Å². The minimum absolute atomic E-state index is 0.179. The van der Waals surface area contributed by atoms with E-state index in [9.17, 15) is 9.59 Å². The van der Waals surface area contributed by atoms with Gasteiger partial charge in [0.1, 0.15) is 0 Å². The molecule has 1 aromatic rings. The summed E-state index contributed by atoms with van der Waals surface area (Å²) in [6, 6.07) is -0.00133. The van der Waals surface area contributed by atoms with Crippen LogP contribution in [0, 0.1) is 0 Å². The lowest BCUT2D eigenvalue weighted by Gasteiger charge is -2.24. The van der Waals surface area contributed by atoms with Crippen molar-refractivity contribution in [2.45, 2.75) is 44.6 Å². The standard InChI is InChI=1S/C16H24N6O2/c1-2-3-7-12-8-6-11-22(12)16(24)17-14-13(18-20-19-14)15(23)21-9-4-5-10-21/h2,12H,1,3-11H2,(H2,17,18,19,20,24). The number of aromatic amines is 1. The van der Waals surface area contributed by atoms with Crippen molar-refractivity contribution in [1.82, 2.24) is 25.2 Å². The number of nitrogens with one attached hydrogen (secondary N) is 2. The van der Waals surface area contributed by atoms with Crippen LogP contribution < -0.4 is 5.32 Å². The summed E-state index contributed by atoms with van der Waals surface area (Å²) < 4.78 is 0. The molecule has 0 spiro atoms. The van der Waals surface area contributed by atoms with Gasteiger partial charge in [-0.05, 0) is 38.5 Å². The number of nitrogens with zero attached hydrogens (tertiary/aromatic N) is 4. The third-order valence-electron chi connectivity index (χ3n) is 4.71. The van der Waals surface area contributed by atoms with Gasteiger partial charge in [0.25, 0.3) is 5.91 Å². The van der Waals surface area contributed by atoms with Crippen molar-refractivity contribution in [3.63, 3.8) is 0 Å². The number of likely N-dealkylation sites (tertiary alicyclic amines) is 2. The Kier molecular flexibility index (Phi) is 5.12. The predicted octanol–water partition coefficient (Wildman–Crippen LogP) is 2.00. The third kappa shape index (κ3) is 3.42. The fourth-order valence-electron chi connectivity index (χ4n) is 3.42. The van der Waals surface area contributed by atoms with Crippen molar-refractivity contribution in [2.75, 3.05) is 25.0 Å². The molecule has 8 heteroatoms. The predicted molar refractivity (Wildman–Crippen MR) is 89.7 cm³/mol. The van der Waals surface area contributed by atoms with E-state index in [4.69, 9.17) is 0 Å². The number of amides is 3. The molecule has 8 nitrogen and oxygen atoms in total. The summed E-state index contributed by atoms with van der Waals surface area (Å²) in [6.07, 6.45) is 7.67. The molecule has 3 heterocycles. The number of H-pyrrole nitrogens is 1. The number of carbonyl (C=O) groups excluding carboxylic acids is 2. The van der Waals surface area contributed by atoms with E-state index in [1.807, 2.05) is 11.0 Å². The monoisotopic (exact) mass is 332 g/mol. The second-order valence-electron chi connectivity index (χ2n) is 6.31. The number of urea groups is 1. The summed E-state index contributed by atoms with van der Waals surface area (Å²) in [7, 11) is 0. The molecule has 1 atom stereocenters. The first-order valence-electron chi connectivity index (χ1n) is 8.59. The first-order chi connectivity index (χ1) is 11.7. The summed E-state index contributed by atoms with van der Waals surface area (Å²) in [5.74, 6) is 0.0347. The average Bonchev–Trinajstić information content (AvgIpc) is 3.32. The van der Waals surface area contributed by atoms with Gasteiger partial charge in [-0.25, -0.2) is 4.79 Å². The average molecular weight is 332 g/mol. The first kappa shape index (κ1) is 16.5. The summed E-state index contributed by atoms with van der Waals surface area (Å²) >= 11 is 0. The van der Waals surface area contributed by atoms with E-state index in [1.165, 1.54) is 0 Å². The zero-order valence-electron chi connectivity index (χ0n) is 13.8. The van der Waals surface area contributed by atoms with E-state index < -0.39 is 0 Å². The molecule has 2 fully saturated rings. The van der Waals surface area contributed by atoms with Crippen molar-refractivity contribution in [2.24, 2.45) is 0 Å². The normalized spacial score (nSPS) is 20.4. The minimum Gasteiger partial charge on any atom is -0.337 e. The highest BCUT2D eigenvalue weighted by Gasteiger charge is 2.31. The van der Waals surface area contributed by atoms with Gasteiger partial charge in [-0.3, -0.25) is 10.1 Å². The van der Waals surface area contributed by atoms with Gasteiger partial charge in [-0.2, -0.15) is 5.21 Å². The van der Waals surface area contributed by atoms with Gasteiger partial charge in [0.05, 0.1) is 0 Å². The van der Waals surface area contributed by atoms with Crippen molar-refractivity contribution in [3.05, 3.63) is 18.3 Å². The Morgan fingerprint density at radius 3 is 2.79 bits per heavy atom. The largest absolute Gasteiger partial charge is 0.337 e. The van der Waals surface area contributed by atoms with Crippen molar-refractivity contribution < 1.29 is 9.59 Å². The molecule has 1 aromatic heterocycles. The highest BCUT2D eigenvalue weighted by atomic mass is 16.2. The van der Waals surface area contributed by atoms with Gasteiger partial charge >= 0.3 is 6.03 Å². The fraction of sp³-hybridized carbons (Fsp3) is 0.625. The Balaban J connectivity index is 1.65. The van der Waals surface area contributed by atoms with E-state index in [1.54, 1.807) is 4.90 Å². The van der Waals surface area contributed by atoms with E-state index in [-0.39, 0.29) is 29.5 Å². The molecular weight excluding hydrogens is 308 g/mol. The zero-order chi connectivity index (χ0) is 16.9. The summed E-state index contributed by atoms with van der Waals surface area (Å²) in [5.41, 5.74) is 0.187. The molecular formula is C16H24N6O2. The Morgan fingerprint density at radius 2 is 2.04 bits per heavy atom. The molecule has 1 unspecified atom stereocenters. The molecule has 2 saturated heterocycles. The van der Waals surface area contributed by atoms with Crippen molar-refractivity contribution >= 4 is 17.8 Å². The van der Waals surface area contributed by atoms with E-state index >= 15 is 0 Å². The second-order valence-corrected chi connectivity index (χ2v) is 6.31. The van der Waals surface area contributed by atoms with Crippen LogP contribution in [0.25, 0.3) is 0 Å². The van der Waals surface area contributed by atoms with Crippen molar-refractivity contribution in [1.29, 1.82) is 0 Å². The van der Waals surface area contributed by atoms with Gasteiger partial charge < -0.3 is 9.80 Å². The summed E-state index contributed by atoms with van der Waals surface area (Å²) in [6.45, 7) is 5.92. The molecule has 3 rings (SSSR count). The van der Waals surface area contributed by atoms with Gasteiger partial charge in [0.15, 0.2) is 11.5 Å². The Labute approximate surface area is 141 Å². The van der Waals surface area contributed by atoms with Crippen LogP contribution in [-0.2, 0) is 0 Å². The van der Waals surface area contributed by atoms with Crippen LogP contribution in [0.15, 0.2) is 12.7 Å². The summed E-state index contributed by atoms with van der Waals surface area (Å²) in [5, 5.41) is 13.1. The highest BCUT2D eigenvalue weighted by Crippen LogP contribution is 2.23. The maximum atomic E-state index is 12.6. The number of hydrogen-bond donors (Lipinski definition) is 2. The Hall–Kier alpha value is -2.38. The minimum atomic E-state index is -0.217. The molecule has 24 heavy (non-hydrogen) atoms. The molecule has 0 bridgehead atoms. The van der Waals surface area contributed by atoms with Crippen LogP contribution >= 0.6 is 0 Å². The van der Waals surface area contributed by atoms with Gasteiger partial charge in [-0.15, -0.1) is 16.8 Å². The Morgan fingerprint density at radius 1 is 1.25 bits per heavy atom. The SMILES string of the molecule is C=CCCC1CCCN1C(=O)Nc1n[nH]nc1C(=O)N1CCCC1. The van der Waals surface area contributed by atoms with Gasteiger partial charge in [0, 0.05) is 25.7 Å². The lowest BCUT2D eigenvalue weighted by atomic mass is 10.1. The van der Waals surface area contributed by atoms with Crippen LogP contribution in [0.5, 0.6) is 0 Å². The topological polar surface area (TPSA) is 94.2 Å². The highest BCUT2D eigenvalue weighted by molar-refractivity contribution is 6.00. The number of aromatic nitrogens is 3. The molecule has 3 amide bonds. The van der Waals surface area contributed by atoms with Crippen LogP contribution in [0.2, 0.25) is 0 Å². The number of anilines is 1. The van der Waals surface area contributed by atoms with Crippen molar-refractivity contribution in [3.8, 4) is 0 Å². The molecule has 0 aromatic carbocycles. The lowest BCUT2D eigenvalue weighted by molar-refractivity contribution is 0.0788. The number of carbonyl (C=O) groups is 2. The molecule has 2 aliphatic rings. The second kappa shape index (κ2) is 7.46. The third-order valence-corrected chi connectivity index (χ3v) is 4.71. The molecule has 0 radical (unpaired) electrons. The van der Waals surface area contributed by atoms with Crippen LogP contribution in [0.3, 0.4) is 0 Å². The van der Waals surface area contributed by atoms with Gasteiger partial charge in [0.2, 0.25) is 0 Å². The summed E-state index contributed by atoms with van der Waals surface area (Å²) in [4.78, 5) is 28.6. The smallest absolute Gasteiger partial charge is 0.323 e. The molecule has 2 aliphatic heterocycles. The number of rotatable bonds is 5. The number of hydrogen-bond acceptors (Lipinski definition) is 4. The van der Waals surface area contributed by atoms with E-state index in [0.29, 0.717) is 0 Å². The maximum Gasteiger partial charge on any atom is 0.323 e. The van der Waals surface area contributed by atoms with Crippen LogP contribution in [0.1, 0.15) is 49.0 Å². The maximum absolute atomic E-state index is 12.6. The van der Waals surface area contributed by atoms with Crippen LogP contribution in [-0.4, -0.2) is 62.8 Å². The lowest BCUT2D eigenvalue weighted by Crippen LogP contribution is -2.39. The molecule has 0 saturated carbocycles. The molecule has 2 N–H and O–H groups in total. The zero-order valence-corrected chi connectivity index (χ0v) is 13.8. The number of allylic oxidation sites excluding steroid dienone is 1. The first-order valence-corrected chi connectivity index (χ1v) is 8.59.